The lowest BCUT2D eigenvalue weighted by molar-refractivity contribution is -0.142. The van der Waals surface area contributed by atoms with E-state index in [2.05, 4.69) is 20.9 Å². The molecule has 2 aliphatic rings. The van der Waals surface area contributed by atoms with Gasteiger partial charge in [0.2, 0.25) is 17.6 Å². The van der Waals surface area contributed by atoms with Crippen molar-refractivity contribution >= 4 is 40.2 Å². The fraction of sp³-hybridized carbons (Fsp3) is 0.567. The molecule has 2 fully saturated rings. The highest BCUT2D eigenvalue weighted by atomic mass is 16.2. The molecule has 0 unspecified atom stereocenters. The van der Waals surface area contributed by atoms with Crippen LogP contribution in [-0.4, -0.2) is 52.4 Å². The van der Waals surface area contributed by atoms with Crippen LogP contribution in [0.25, 0.3) is 10.9 Å². The summed E-state index contributed by atoms with van der Waals surface area (Å²) in [5.74, 6) is -3.13. The molecule has 39 heavy (non-hydrogen) atoms. The summed E-state index contributed by atoms with van der Waals surface area (Å²) >= 11 is 0. The summed E-state index contributed by atoms with van der Waals surface area (Å²) in [6.07, 6.45) is 5.02. The lowest BCUT2D eigenvalue weighted by Crippen LogP contribution is -2.54. The number of Topliss-reactive ketones (excluding diaryl/α,β-unsaturated/α-hetero) is 2. The average Bonchev–Trinajstić information content (AvgIpc) is 3.29. The normalized spacial score (nSPS) is 19.5. The summed E-state index contributed by atoms with van der Waals surface area (Å²) < 4.78 is 0. The molecule has 0 radical (unpaired) electrons. The van der Waals surface area contributed by atoms with Gasteiger partial charge in [-0.1, -0.05) is 37.5 Å². The van der Waals surface area contributed by atoms with Crippen molar-refractivity contribution in [3.8, 4) is 0 Å². The van der Waals surface area contributed by atoms with E-state index in [1.165, 1.54) is 0 Å². The summed E-state index contributed by atoms with van der Waals surface area (Å²) in [5, 5.41) is 9.19. The third-order valence-corrected chi connectivity index (χ3v) is 7.74. The van der Waals surface area contributed by atoms with E-state index in [1.807, 2.05) is 24.3 Å². The standard InChI is InChI=1S/C30H40N4O5/c1-30(2,3)34-29(39)26(36)24(16-20-11-7-13-31-27(20)37)33-28(38)21(14-18-8-6-9-18)17-25(35)23-15-19-10-4-5-12-22(19)32-23/h4-5,10,12,15,18,20-21,24,32H,6-9,11,13-14,16-17H2,1-3H3,(H,31,37)(H,33,38)(H,34,39)/t20-,21+,24-/m0/s1. The SMILES string of the molecule is CC(C)(C)NC(=O)C(=O)[C@H](C[C@@H]1CCCNC1=O)NC(=O)[C@@H](CC(=O)c1cc2ccccc2[nH]1)CC1CCC1. The molecule has 1 aromatic heterocycles. The van der Waals surface area contributed by atoms with E-state index in [-0.39, 0.29) is 24.5 Å². The minimum absolute atomic E-state index is 0.00579. The number of carbonyl (C=O) groups excluding carboxylic acids is 5. The zero-order valence-electron chi connectivity index (χ0n) is 23.1. The average molecular weight is 537 g/mol. The molecule has 1 saturated carbocycles. The minimum Gasteiger partial charge on any atom is -0.356 e. The van der Waals surface area contributed by atoms with Crippen molar-refractivity contribution in [3.05, 3.63) is 36.0 Å². The van der Waals surface area contributed by atoms with Crippen molar-refractivity contribution in [1.82, 2.24) is 20.9 Å². The number of aromatic nitrogens is 1. The molecule has 210 valence electrons. The molecule has 1 aromatic carbocycles. The van der Waals surface area contributed by atoms with Crippen molar-refractivity contribution in [2.75, 3.05) is 6.54 Å². The second kappa shape index (κ2) is 12.1. The van der Waals surface area contributed by atoms with Gasteiger partial charge in [-0.15, -0.1) is 0 Å². The van der Waals surface area contributed by atoms with E-state index in [0.717, 1.165) is 36.6 Å². The number of para-hydroxylation sites is 1. The number of piperidine rings is 1. The van der Waals surface area contributed by atoms with E-state index in [0.29, 0.717) is 31.0 Å². The van der Waals surface area contributed by atoms with Crippen molar-refractivity contribution in [2.45, 2.75) is 83.7 Å². The van der Waals surface area contributed by atoms with Gasteiger partial charge in [0, 0.05) is 41.2 Å². The molecule has 0 spiro atoms. The molecule has 3 atom stereocenters. The molecule has 3 amide bonds. The van der Waals surface area contributed by atoms with Crippen LogP contribution >= 0.6 is 0 Å². The van der Waals surface area contributed by atoms with Crippen molar-refractivity contribution in [1.29, 1.82) is 0 Å². The molecule has 2 aromatic rings. The van der Waals surface area contributed by atoms with E-state index in [1.54, 1.807) is 26.8 Å². The quantitative estimate of drug-likeness (QED) is 0.258. The topological polar surface area (TPSA) is 137 Å². The predicted molar refractivity (Wildman–Crippen MR) is 148 cm³/mol. The van der Waals surface area contributed by atoms with Gasteiger partial charge < -0.3 is 20.9 Å². The fourth-order valence-electron chi connectivity index (χ4n) is 5.40. The van der Waals surface area contributed by atoms with Crippen LogP contribution in [0.15, 0.2) is 30.3 Å². The van der Waals surface area contributed by atoms with Crippen LogP contribution in [-0.2, 0) is 19.2 Å². The first-order valence-electron chi connectivity index (χ1n) is 14.1. The molecule has 2 heterocycles. The number of hydrogen-bond donors (Lipinski definition) is 4. The second-order valence-corrected chi connectivity index (χ2v) is 12.1. The molecule has 9 heteroatoms. The van der Waals surface area contributed by atoms with Gasteiger partial charge in [0.1, 0.15) is 0 Å². The molecular formula is C30H40N4O5. The number of rotatable bonds is 11. The summed E-state index contributed by atoms with van der Waals surface area (Å²) in [6.45, 7) is 5.88. The van der Waals surface area contributed by atoms with E-state index in [9.17, 15) is 24.0 Å². The smallest absolute Gasteiger partial charge is 0.290 e. The number of ketones is 2. The van der Waals surface area contributed by atoms with Gasteiger partial charge in [0.05, 0.1) is 11.7 Å². The first-order valence-corrected chi connectivity index (χ1v) is 14.1. The van der Waals surface area contributed by atoms with Gasteiger partial charge in [-0.25, -0.2) is 0 Å². The minimum atomic E-state index is -1.15. The van der Waals surface area contributed by atoms with Crippen LogP contribution in [0.4, 0.5) is 0 Å². The van der Waals surface area contributed by atoms with Gasteiger partial charge in [-0.05, 0) is 64.5 Å². The van der Waals surface area contributed by atoms with Crippen LogP contribution in [0, 0.1) is 17.8 Å². The largest absolute Gasteiger partial charge is 0.356 e. The Bertz CT molecular complexity index is 1210. The van der Waals surface area contributed by atoms with Gasteiger partial charge >= 0.3 is 0 Å². The Balaban J connectivity index is 1.52. The number of hydrogen-bond acceptors (Lipinski definition) is 5. The highest BCUT2D eigenvalue weighted by Crippen LogP contribution is 2.34. The maximum Gasteiger partial charge on any atom is 0.290 e. The van der Waals surface area contributed by atoms with Crippen molar-refractivity contribution < 1.29 is 24.0 Å². The predicted octanol–water partition coefficient (Wildman–Crippen LogP) is 3.43. The third kappa shape index (κ3) is 7.55. The fourth-order valence-corrected chi connectivity index (χ4v) is 5.40. The molecule has 9 nitrogen and oxygen atoms in total. The van der Waals surface area contributed by atoms with E-state index >= 15 is 0 Å². The Morgan fingerprint density at radius 2 is 1.77 bits per heavy atom. The van der Waals surface area contributed by atoms with Gasteiger partial charge in [0.15, 0.2) is 5.78 Å². The van der Waals surface area contributed by atoms with Crippen LogP contribution in [0.3, 0.4) is 0 Å². The van der Waals surface area contributed by atoms with Gasteiger partial charge in [0.25, 0.3) is 5.91 Å². The van der Waals surface area contributed by atoms with Gasteiger partial charge in [-0.2, -0.15) is 0 Å². The number of fused-ring (bicyclic) bond motifs is 1. The number of nitrogens with one attached hydrogen (secondary N) is 4. The monoisotopic (exact) mass is 536 g/mol. The number of amides is 3. The third-order valence-electron chi connectivity index (χ3n) is 7.74. The summed E-state index contributed by atoms with van der Waals surface area (Å²) in [6, 6.07) is 8.24. The number of H-pyrrole nitrogens is 1. The van der Waals surface area contributed by atoms with Crippen LogP contribution in [0.2, 0.25) is 0 Å². The zero-order valence-corrected chi connectivity index (χ0v) is 23.1. The highest BCUT2D eigenvalue weighted by molar-refractivity contribution is 6.38. The van der Waals surface area contributed by atoms with Crippen molar-refractivity contribution in [3.63, 3.8) is 0 Å². The molecule has 1 saturated heterocycles. The van der Waals surface area contributed by atoms with E-state index < -0.39 is 41.0 Å². The molecule has 1 aliphatic carbocycles. The van der Waals surface area contributed by atoms with Gasteiger partial charge in [-0.3, -0.25) is 24.0 Å². The highest BCUT2D eigenvalue weighted by Gasteiger charge is 2.37. The summed E-state index contributed by atoms with van der Waals surface area (Å²) in [4.78, 5) is 68.6. The van der Waals surface area contributed by atoms with Crippen LogP contribution < -0.4 is 16.0 Å². The maximum absolute atomic E-state index is 13.6. The molecular weight excluding hydrogens is 496 g/mol. The van der Waals surface area contributed by atoms with Crippen LogP contribution in [0.5, 0.6) is 0 Å². The lowest BCUT2D eigenvalue weighted by atomic mass is 9.77. The Kier molecular flexibility index (Phi) is 8.87. The molecule has 1 aliphatic heterocycles. The first-order chi connectivity index (χ1) is 18.5. The zero-order chi connectivity index (χ0) is 28.2. The Hall–Kier alpha value is -3.49. The number of carbonyl (C=O) groups is 5. The second-order valence-electron chi connectivity index (χ2n) is 12.1. The summed E-state index contributed by atoms with van der Waals surface area (Å²) in [5.41, 5.74) is 0.656. The maximum atomic E-state index is 13.6. The molecule has 0 bridgehead atoms. The Labute approximate surface area is 229 Å². The lowest BCUT2D eigenvalue weighted by Gasteiger charge is -2.31. The molecule has 4 N–H and O–H groups in total. The van der Waals surface area contributed by atoms with Crippen molar-refractivity contribution in [2.24, 2.45) is 17.8 Å². The number of aromatic amines is 1. The van der Waals surface area contributed by atoms with Crippen LogP contribution in [0.1, 0.15) is 82.6 Å². The number of benzene rings is 1. The Morgan fingerprint density at radius 1 is 1.03 bits per heavy atom. The van der Waals surface area contributed by atoms with E-state index in [4.69, 9.17) is 0 Å². The first kappa shape index (κ1) is 28.5. The molecule has 4 rings (SSSR count). The Morgan fingerprint density at radius 3 is 2.41 bits per heavy atom. The summed E-state index contributed by atoms with van der Waals surface area (Å²) in [7, 11) is 0.